The minimum atomic E-state index is -0.749. The Hall–Kier alpha value is -1.62. The van der Waals surface area contributed by atoms with E-state index in [-0.39, 0.29) is 6.04 Å². The van der Waals surface area contributed by atoms with Crippen molar-refractivity contribution in [2.75, 3.05) is 12.3 Å². The maximum absolute atomic E-state index is 11.0. The minimum Gasteiger partial charge on any atom is -0.480 e. The van der Waals surface area contributed by atoms with E-state index in [9.17, 15) is 4.79 Å². The smallest absolute Gasteiger partial charge is 0.320 e. The number of nitrogens with two attached hydrogens (primary N) is 1. The third-order valence-corrected chi connectivity index (χ3v) is 2.84. The van der Waals surface area contributed by atoms with Crippen molar-refractivity contribution in [3.63, 3.8) is 0 Å². The molecule has 1 aliphatic heterocycles. The molecule has 86 valence electrons. The normalized spacial score (nSPS) is 21.1. The topological polar surface area (TPSA) is 79.5 Å². The van der Waals surface area contributed by atoms with Crippen LogP contribution in [0.3, 0.4) is 0 Å². The van der Waals surface area contributed by atoms with Crippen molar-refractivity contribution >= 4 is 11.8 Å². The number of carboxylic acid groups (broad SMARTS) is 1. The fourth-order valence-electron chi connectivity index (χ4n) is 2.09. The van der Waals surface area contributed by atoms with Crippen LogP contribution in [0.15, 0.2) is 18.2 Å². The van der Waals surface area contributed by atoms with Crippen LogP contribution in [0.2, 0.25) is 0 Å². The number of aromatic nitrogens is 1. The van der Waals surface area contributed by atoms with E-state index in [1.165, 1.54) is 0 Å². The van der Waals surface area contributed by atoms with Crippen LogP contribution in [0.1, 0.15) is 18.5 Å². The molecule has 1 saturated heterocycles. The number of aliphatic carboxylic acids is 1. The first kappa shape index (κ1) is 10.9. The van der Waals surface area contributed by atoms with E-state index < -0.39 is 5.97 Å². The Bertz CT molecular complexity index is 395. The highest BCUT2D eigenvalue weighted by Crippen LogP contribution is 2.19. The zero-order chi connectivity index (χ0) is 11.5. The third kappa shape index (κ3) is 2.30. The number of carboxylic acids is 1. The SMILES string of the molecule is Nc1cccc(CN2CCCC2C(=O)O)n1. The van der Waals surface area contributed by atoms with Gasteiger partial charge in [0.1, 0.15) is 11.9 Å². The van der Waals surface area contributed by atoms with Crippen LogP contribution in [0.4, 0.5) is 5.82 Å². The summed E-state index contributed by atoms with van der Waals surface area (Å²) in [6.07, 6.45) is 1.65. The minimum absolute atomic E-state index is 0.372. The first-order chi connectivity index (χ1) is 7.66. The van der Waals surface area contributed by atoms with E-state index >= 15 is 0 Å². The molecule has 2 heterocycles. The van der Waals surface area contributed by atoms with Crippen LogP contribution >= 0.6 is 0 Å². The zero-order valence-electron chi connectivity index (χ0n) is 8.97. The van der Waals surface area contributed by atoms with E-state index in [2.05, 4.69) is 4.98 Å². The van der Waals surface area contributed by atoms with Gasteiger partial charge in [0.2, 0.25) is 0 Å². The standard InChI is InChI=1S/C11H15N3O2/c12-10-5-1-3-8(13-10)7-14-6-2-4-9(14)11(15)16/h1,3,5,9H,2,4,6-7H2,(H2,12,13)(H,15,16). The Kier molecular flexibility index (Phi) is 3.05. The number of nitrogen functional groups attached to an aromatic ring is 1. The van der Waals surface area contributed by atoms with Gasteiger partial charge < -0.3 is 10.8 Å². The molecular formula is C11H15N3O2. The van der Waals surface area contributed by atoms with Gasteiger partial charge in [0, 0.05) is 6.54 Å². The summed E-state index contributed by atoms with van der Waals surface area (Å²) >= 11 is 0. The maximum atomic E-state index is 11.0. The number of anilines is 1. The molecule has 0 amide bonds. The molecule has 1 fully saturated rings. The van der Waals surface area contributed by atoms with Gasteiger partial charge in [0.15, 0.2) is 0 Å². The second-order valence-electron chi connectivity index (χ2n) is 4.02. The summed E-state index contributed by atoms with van der Waals surface area (Å²) < 4.78 is 0. The lowest BCUT2D eigenvalue weighted by molar-refractivity contribution is -0.142. The molecule has 0 bridgehead atoms. The Morgan fingerprint density at radius 3 is 3.12 bits per heavy atom. The summed E-state index contributed by atoms with van der Waals surface area (Å²) in [6.45, 7) is 1.37. The molecule has 1 unspecified atom stereocenters. The summed E-state index contributed by atoms with van der Waals surface area (Å²) in [6, 6.07) is 5.06. The molecule has 1 aromatic heterocycles. The van der Waals surface area contributed by atoms with Gasteiger partial charge in [-0.1, -0.05) is 6.07 Å². The van der Waals surface area contributed by atoms with Gasteiger partial charge in [-0.25, -0.2) is 4.98 Å². The number of rotatable bonds is 3. The van der Waals surface area contributed by atoms with Gasteiger partial charge >= 0.3 is 5.97 Å². The van der Waals surface area contributed by atoms with Crippen molar-refractivity contribution in [3.05, 3.63) is 23.9 Å². The van der Waals surface area contributed by atoms with E-state index in [1.54, 1.807) is 6.07 Å². The van der Waals surface area contributed by atoms with Gasteiger partial charge in [-0.3, -0.25) is 9.69 Å². The summed E-state index contributed by atoms with van der Waals surface area (Å²) in [4.78, 5) is 17.1. The summed E-state index contributed by atoms with van der Waals surface area (Å²) in [5.74, 6) is -0.273. The van der Waals surface area contributed by atoms with Crippen molar-refractivity contribution in [3.8, 4) is 0 Å². The van der Waals surface area contributed by atoms with Crippen LogP contribution < -0.4 is 5.73 Å². The molecule has 0 aromatic carbocycles. The number of likely N-dealkylation sites (tertiary alicyclic amines) is 1. The molecule has 0 spiro atoms. The fourth-order valence-corrected chi connectivity index (χ4v) is 2.09. The van der Waals surface area contributed by atoms with Crippen LogP contribution in [0.5, 0.6) is 0 Å². The third-order valence-electron chi connectivity index (χ3n) is 2.84. The van der Waals surface area contributed by atoms with Gasteiger partial charge in [0.05, 0.1) is 5.69 Å². The second-order valence-corrected chi connectivity index (χ2v) is 4.02. The Morgan fingerprint density at radius 2 is 2.44 bits per heavy atom. The van der Waals surface area contributed by atoms with Gasteiger partial charge in [0.25, 0.3) is 0 Å². The van der Waals surface area contributed by atoms with Crippen LogP contribution in [-0.2, 0) is 11.3 Å². The average Bonchev–Trinajstić information content (AvgIpc) is 2.66. The molecule has 2 rings (SSSR count). The lowest BCUT2D eigenvalue weighted by Gasteiger charge is -2.20. The van der Waals surface area contributed by atoms with Gasteiger partial charge in [-0.15, -0.1) is 0 Å². The second kappa shape index (κ2) is 4.49. The van der Waals surface area contributed by atoms with E-state index in [4.69, 9.17) is 10.8 Å². The molecule has 5 nitrogen and oxygen atoms in total. The van der Waals surface area contributed by atoms with Gasteiger partial charge in [-0.2, -0.15) is 0 Å². The van der Waals surface area contributed by atoms with Crippen molar-refractivity contribution in [2.45, 2.75) is 25.4 Å². The fraction of sp³-hybridized carbons (Fsp3) is 0.455. The molecule has 5 heteroatoms. The highest BCUT2D eigenvalue weighted by Gasteiger charge is 2.30. The number of pyridine rings is 1. The Morgan fingerprint density at radius 1 is 1.62 bits per heavy atom. The van der Waals surface area contributed by atoms with Crippen LogP contribution in [0.25, 0.3) is 0 Å². The average molecular weight is 221 g/mol. The molecule has 1 aromatic rings. The molecule has 0 aliphatic carbocycles. The Balaban J connectivity index is 2.06. The van der Waals surface area contributed by atoms with E-state index in [1.807, 2.05) is 17.0 Å². The van der Waals surface area contributed by atoms with Gasteiger partial charge in [-0.05, 0) is 31.5 Å². The lowest BCUT2D eigenvalue weighted by atomic mass is 10.2. The molecule has 1 aliphatic rings. The van der Waals surface area contributed by atoms with Crippen molar-refractivity contribution in [2.24, 2.45) is 0 Å². The zero-order valence-corrected chi connectivity index (χ0v) is 8.97. The molecule has 1 atom stereocenters. The largest absolute Gasteiger partial charge is 0.480 e. The number of nitrogens with zero attached hydrogens (tertiary/aromatic N) is 2. The van der Waals surface area contributed by atoms with Crippen LogP contribution in [0, 0.1) is 0 Å². The lowest BCUT2D eigenvalue weighted by Crippen LogP contribution is -2.35. The highest BCUT2D eigenvalue weighted by atomic mass is 16.4. The van der Waals surface area contributed by atoms with Crippen molar-refractivity contribution in [1.29, 1.82) is 0 Å². The summed E-state index contributed by atoms with van der Waals surface area (Å²) in [7, 11) is 0. The molecule has 0 radical (unpaired) electrons. The predicted molar refractivity (Wildman–Crippen MR) is 59.7 cm³/mol. The first-order valence-electron chi connectivity index (χ1n) is 5.35. The number of hydrogen-bond acceptors (Lipinski definition) is 4. The predicted octanol–water partition coefficient (Wildman–Crippen LogP) is 0.713. The summed E-state index contributed by atoms with van der Waals surface area (Å²) in [5.41, 5.74) is 6.41. The summed E-state index contributed by atoms with van der Waals surface area (Å²) in [5, 5.41) is 9.03. The van der Waals surface area contributed by atoms with E-state index in [0.717, 1.165) is 25.1 Å². The number of hydrogen-bond donors (Lipinski definition) is 2. The van der Waals surface area contributed by atoms with Crippen LogP contribution in [-0.4, -0.2) is 33.5 Å². The number of carbonyl (C=O) groups is 1. The molecule has 0 saturated carbocycles. The quantitative estimate of drug-likeness (QED) is 0.786. The van der Waals surface area contributed by atoms with Crippen molar-refractivity contribution in [1.82, 2.24) is 9.88 Å². The van der Waals surface area contributed by atoms with E-state index in [0.29, 0.717) is 12.4 Å². The van der Waals surface area contributed by atoms with Crippen molar-refractivity contribution < 1.29 is 9.90 Å². The maximum Gasteiger partial charge on any atom is 0.320 e. The Labute approximate surface area is 93.9 Å². The molecule has 16 heavy (non-hydrogen) atoms. The first-order valence-corrected chi connectivity index (χ1v) is 5.35. The highest BCUT2D eigenvalue weighted by molar-refractivity contribution is 5.73. The molecule has 3 N–H and O–H groups in total. The molecular weight excluding hydrogens is 206 g/mol. The monoisotopic (exact) mass is 221 g/mol.